The van der Waals surface area contributed by atoms with E-state index in [0.29, 0.717) is 4.47 Å². The van der Waals surface area contributed by atoms with E-state index in [2.05, 4.69) is 20.7 Å². The van der Waals surface area contributed by atoms with Crippen molar-refractivity contribution in [2.24, 2.45) is 0 Å². The molecule has 1 atom stereocenters. The summed E-state index contributed by atoms with van der Waals surface area (Å²) in [6.45, 7) is 4.04. The number of sulfonamides is 1. The Balaban J connectivity index is 1.94. The number of thiophene rings is 1. The van der Waals surface area contributed by atoms with E-state index in [1.54, 1.807) is 18.4 Å². The van der Waals surface area contributed by atoms with E-state index < -0.39 is 10.0 Å². The molecule has 2 rings (SSSR count). The van der Waals surface area contributed by atoms with Crippen molar-refractivity contribution in [3.63, 3.8) is 0 Å². The third kappa shape index (κ3) is 4.54. The van der Waals surface area contributed by atoms with Gasteiger partial charge >= 0.3 is 0 Å². The van der Waals surface area contributed by atoms with Gasteiger partial charge in [-0.2, -0.15) is 0 Å². The average molecular weight is 390 g/mol. The molecule has 4 nitrogen and oxygen atoms in total. The zero-order valence-electron chi connectivity index (χ0n) is 11.7. The van der Waals surface area contributed by atoms with Crippen molar-refractivity contribution in [3.05, 3.63) is 45.7 Å². The molecule has 0 saturated heterocycles. The third-order valence-corrected chi connectivity index (χ3v) is 6.97. The van der Waals surface area contributed by atoms with Crippen LogP contribution in [-0.2, 0) is 10.0 Å². The molecule has 0 aliphatic heterocycles. The van der Waals surface area contributed by atoms with Gasteiger partial charge in [0.1, 0.15) is 16.6 Å². The molecule has 0 fully saturated rings. The van der Waals surface area contributed by atoms with Crippen LogP contribution in [0.15, 0.2) is 44.4 Å². The molecule has 114 valence electrons. The zero-order valence-corrected chi connectivity index (χ0v) is 14.9. The van der Waals surface area contributed by atoms with Crippen molar-refractivity contribution in [1.29, 1.82) is 0 Å². The van der Waals surface area contributed by atoms with Crippen LogP contribution in [0.2, 0.25) is 0 Å². The second-order valence-electron chi connectivity index (χ2n) is 4.70. The second kappa shape index (κ2) is 6.91. The molecule has 1 aromatic heterocycles. The predicted molar refractivity (Wildman–Crippen MR) is 88.5 cm³/mol. The molecule has 0 aliphatic rings. The topological polar surface area (TPSA) is 55.4 Å². The molecule has 7 heteroatoms. The monoisotopic (exact) mass is 389 g/mol. The molecule has 0 radical (unpaired) electrons. The van der Waals surface area contributed by atoms with E-state index in [9.17, 15) is 8.42 Å². The van der Waals surface area contributed by atoms with Crippen LogP contribution in [0.5, 0.6) is 5.75 Å². The van der Waals surface area contributed by atoms with Crippen LogP contribution >= 0.6 is 27.3 Å². The summed E-state index contributed by atoms with van der Waals surface area (Å²) < 4.78 is 33.4. The fourth-order valence-electron chi connectivity index (χ4n) is 1.68. The lowest BCUT2D eigenvalue weighted by Crippen LogP contribution is -2.36. The Morgan fingerprint density at radius 3 is 2.52 bits per heavy atom. The van der Waals surface area contributed by atoms with Gasteiger partial charge in [-0.15, -0.1) is 11.3 Å². The number of halogens is 1. The van der Waals surface area contributed by atoms with Crippen LogP contribution in [0, 0.1) is 6.92 Å². The molecule has 0 amide bonds. The quantitative estimate of drug-likeness (QED) is 0.821. The minimum Gasteiger partial charge on any atom is -0.492 e. The number of ether oxygens (including phenoxy) is 1. The van der Waals surface area contributed by atoms with E-state index in [0.717, 1.165) is 11.3 Å². The minimum atomic E-state index is -3.52. The number of aryl methyl sites for hydroxylation is 1. The van der Waals surface area contributed by atoms with Gasteiger partial charge in [-0.3, -0.25) is 0 Å². The van der Waals surface area contributed by atoms with Crippen molar-refractivity contribution in [1.82, 2.24) is 4.72 Å². The number of hydrogen-bond acceptors (Lipinski definition) is 4. The summed E-state index contributed by atoms with van der Waals surface area (Å²) in [5.41, 5.74) is 1.15. The molecule has 2 aromatic rings. The summed E-state index contributed by atoms with van der Waals surface area (Å²) in [4.78, 5) is 0. The SMILES string of the molecule is Cc1ccc(OCC(C)NS(=O)(=O)c2sccc2Br)cc1. The summed E-state index contributed by atoms with van der Waals surface area (Å²) in [6.07, 6.45) is 0. The van der Waals surface area contributed by atoms with Crippen molar-refractivity contribution < 1.29 is 13.2 Å². The fraction of sp³-hybridized carbons (Fsp3) is 0.286. The summed E-state index contributed by atoms with van der Waals surface area (Å²) >= 11 is 4.41. The molecule has 0 aliphatic carbocycles. The Labute approximate surface area is 137 Å². The highest BCUT2D eigenvalue weighted by Gasteiger charge is 2.21. The maximum absolute atomic E-state index is 12.2. The number of rotatable bonds is 6. The average Bonchev–Trinajstić information content (AvgIpc) is 2.85. The molecular formula is C14H16BrNO3S2. The van der Waals surface area contributed by atoms with Crippen LogP contribution in [0.1, 0.15) is 12.5 Å². The maximum Gasteiger partial charge on any atom is 0.251 e. The first-order chi connectivity index (χ1) is 9.88. The van der Waals surface area contributed by atoms with Crippen molar-refractivity contribution in [2.75, 3.05) is 6.61 Å². The van der Waals surface area contributed by atoms with Gasteiger partial charge in [0.05, 0.1) is 6.04 Å². The fourth-order valence-corrected chi connectivity index (χ4v) is 5.26. The summed E-state index contributed by atoms with van der Waals surface area (Å²) in [5.74, 6) is 0.726. The number of hydrogen-bond donors (Lipinski definition) is 1. The first-order valence-corrected chi connectivity index (χ1v) is 9.49. The Morgan fingerprint density at radius 2 is 1.95 bits per heavy atom. The summed E-state index contributed by atoms with van der Waals surface area (Å²) in [7, 11) is -3.52. The molecule has 1 heterocycles. The van der Waals surface area contributed by atoms with Gasteiger partial charge in [0.25, 0.3) is 10.0 Å². The smallest absolute Gasteiger partial charge is 0.251 e. The van der Waals surface area contributed by atoms with E-state index in [1.807, 2.05) is 31.2 Å². The van der Waals surface area contributed by atoms with Gasteiger partial charge in [0, 0.05) is 4.47 Å². The third-order valence-electron chi connectivity index (χ3n) is 2.71. The molecule has 0 bridgehead atoms. The van der Waals surface area contributed by atoms with E-state index in [-0.39, 0.29) is 16.9 Å². The Morgan fingerprint density at radius 1 is 1.29 bits per heavy atom. The highest BCUT2D eigenvalue weighted by molar-refractivity contribution is 9.10. The molecule has 1 unspecified atom stereocenters. The standard InChI is InChI=1S/C14H16BrNO3S2/c1-10-3-5-12(6-4-10)19-9-11(2)16-21(17,18)14-13(15)7-8-20-14/h3-8,11,16H,9H2,1-2H3. The van der Waals surface area contributed by atoms with Gasteiger partial charge in [0.2, 0.25) is 0 Å². The predicted octanol–water partition coefficient (Wildman–Crippen LogP) is 3.56. The second-order valence-corrected chi connectivity index (χ2v) is 8.38. The molecule has 1 aromatic carbocycles. The minimum absolute atomic E-state index is 0.269. The van der Waals surface area contributed by atoms with Gasteiger partial charge in [-0.25, -0.2) is 13.1 Å². The highest BCUT2D eigenvalue weighted by atomic mass is 79.9. The van der Waals surface area contributed by atoms with Crippen molar-refractivity contribution in [2.45, 2.75) is 24.1 Å². The maximum atomic E-state index is 12.2. The molecule has 0 saturated carbocycles. The molecular weight excluding hydrogens is 374 g/mol. The van der Waals surface area contributed by atoms with Crippen LogP contribution in [0.25, 0.3) is 0 Å². The van der Waals surface area contributed by atoms with Gasteiger partial charge in [-0.1, -0.05) is 17.7 Å². The lowest BCUT2D eigenvalue weighted by molar-refractivity contribution is 0.287. The van der Waals surface area contributed by atoms with Crippen LogP contribution in [0.3, 0.4) is 0 Å². The summed E-state index contributed by atoms with van der Waals surface area (Å²) in [6, 6.07) is 9.02. The Hall–Kier alpha value is -0.890. The Kier molecular flexibility index (Phi) is 5.43. The lowest BCUT2D eigenvalue weighted by Gasteiger charge is -2.15. The number of nitrogens with one attached hydrogen (secondary N) is 1. The van der Waals surface area contributed by atoms with E-state index in [4.69, 9.17) is 4.74 Å². The molecule has 21 heavy (non-hydrogen) atoms. The van der Waals surface area contributed by atoms with E-state index >= 15 is 0 Å². The molecule has 0 spiro atoms. The van der Waals surface area contributed by atoms with Gasteiger partial charge in [0.15, 0.2) is 0 Å². The lowest BCUT2D eigenvalue weighted by atomic mass is 10.2. The number of benzene rings is 1. The van der Waals surface area contributed by atoms with Crippen LogP contribution in [-0.4, -0.2) is 21.1 Å². The van der Waals surface area contributed by atoms with Crippen molar-refractivity contribution >= 4 is 37.3 Å². The first-order valence-electron chi connectivity index (χ1n) is 6.33. The van der Waals surface area contributed by atoms with Gasteiger partial charge < -0.3 is 4.74 Å². The first kappa shape index (κ1) is 16.5. The van der Waals surface area contributed by atoms with E-state index in [1.165, 1.54) is 11.3 Å². The normalized spacial score (nSPS) is 13.1. The molecule has 1 N–H and O–H groups in total. The van der Waals surface area contributed by atoms with Crippen molar-refractivity contribution in [3.8, 4) is 5.75 Å². The van der Waals surface area contributed by atoms with Crippen LogP contribution < -0.4 is 9.46 Å². The van der Waals surface area contributed by atoms with Gasteiger partial charge in [-0.05, 0) is 53.4 Å². The largest absolute Gasteiger partial charge is 0.492 e. The highest BCUT2D eigenvalue weighted by Crippen LogP contribution is 2.27. The van der Waals surface area contributed by atoms with Crippen LogP contribution in [0.4, 0.5) is 0 Å². The Bertz CT molecular complexity index is 695. The zero-order chi connectivity index (χ0) is 15.5. The summed E-state index contributed by atoms with van der Waals surface area (Å²) in [5, 5.41) is 1.73.